The molecule has 0 spiro atoms. The fourth-order valence-electron chi connectivity index (χ4n) is 2.31. The molecule has 2 N–H and O–H groups in total. The Labute approximate surface area is 106 Å². The number of hydrogen-bond acceptors (Lipinski definition) is 2. The van der Waals surface area contributed by atoms with Crippen LogP contribution in [0.2, 0.25) is 0 Å². The van der Waals surface area contributed by atoms with Gasteiger partial charge < -0.3 is 10.6 Å². The van der Waals surface area contributed by atoms with Gasteiger partial charge in [-0.2, -0.15) is 0 Å². The van der Waals surface area contributed by atoms with Gasteiger partial charge in [0, 0.05) is 25.6 Å². The van der Waals surface area contributed by atoms with E-state index in [0.29, 0.717) is 18.2 Å². The predicted octanol–water partition coefficient (Wildman–Crippen LogP) is 2.40. The smallest absolute Gasteiger partial charge is 0.222 e. The summed E-state index contributed by atoms with van der Waals surface area (Å²) in [6, 6.07) is 0.202. The predicted molar refractivity (Wildman–Crippen MR) is 71.6 cm³/mol. The minimum Gasteiger partial charge on any atom is -0.342 e. The number of carbonyl (C=O) groups is 1. The lowest BCUT2D eigenvalue weighted by Crippen LogP contribution is -2.45. The normalized spacial score (nSPS) is 23.6. The molecule has 0 saturated carbocycles. The Morgan fingerprint density at radius 2 is 2.12 bits per heavy atom. The van der Waals surface area contributed by atoms with Crippen molar-refractivity contribution >= 4 is 5.91 Å². The van der Waals surface area contributed by atoms with Crippen LogP contribution in [0.3, 0.4) is 0 Å². The second kappa shape index (κ2) is 5.85. The van der Waals surface area contributed by atoms with Gasteiger partial charge in [-0.25, -0.2) is 0 Å². The molecular formula is C14H28N2O. The topological polar surface area (TPSA) is 46.3 Å². The molecule has 0 radical (unpaired) electrons. The van der Waals surface area contributed by atoms with Crippen molar-refractivity contribution in [2.45, 2.75) is 59.4 Å². The van der Waals surface area contributed by atoms with Crippen molar-refractivity contribution in [3.8, 4) is 0 Å². The Morgan fingerprint density at radius 1 is 1.47 bits per heavy atom. The zero-order valence-electron chi connectivity index (χ0n) is 11.8. The van der Waals surface area contributed by atoms with Crippen LogP contribution in [0.4, 0.5) is 0 Å². The largest absolute Gasteiger partial charge is 0.342 e. The van der Waals surface area contributed by atoms with E-state index < -0.39 is 0 Å². The zero-order valence-corrected chi connectivity index (χ0v) is 11.8. The van der Waals surface area contributed by atoms with Gasteiger partial charge in [0.15, 0.2) is 0 Å². The molecule has 1 heterocycles. The van der Waals surface area contributed by atoms with Gasteiger partial charge in [0.1, 0.15) is 0 Å². The van der Waals surface area contributed by atoms with Crippen LogP contribution >= 0.6 is 0 Å². The van der Waals surface area contributed by atoms with Gasteiger partial charge in [-0.15, -0.1) is 0 Å². The maximum atomic E-state index is 12.1. The van der Waals surface area contributed by atoms with Crippen molar-refractivity contribution in [3.05, 3.63) is 0 Å². The molecule has 1 saturated heterocycles. The van der Waals surface area contributed by atoms with Crippen LogP contribution < -0.4 is 5.73 Å². The molecule has 1 amide bonds. The Kier molecular flexibility index (Phi) is 4.99. The van der Waals surface area contributed by atoms with Crippen molar-refractivity contribution in [2.24, 2.45) is 17.1 Å². The van der Waals surface area contributed by atoms with Gasteiger partial charge in [-0.05, 0) is 37.5 Å². The third kappa shape index (κ3) is 5.07. The van der Waals surface area contributed by atoms with Crippen LogP contribution in [-0.4, -0.2) is 29.9 Å². The highest BCUT2D eigenvalue weighted by Crippen LogP contribution is 2.23. The summed E-state index contributed by atoms with van der Waals surface area (Å²) < 4.78 is 0. The van der Waals surface area contributed by atoms with Crippen LogP contribution in [0, 0.1) is 11.3 Å². The summed E-state index contributed by atoms with van der Waals surface area (Å²) in [4.78, 5) is 14.1. The Bertz CT molecular complexity index is 255. The van der Waals surface area contributed by atoms with Crippen molar-refractivity contribution in [1.29, 1.82) is 0 Å². The summed E-state index contributed by atoms with van der Waals surface area (Å²) >= 11 is 0. The maximum absolute atomic E-state index is 12.1. The molecule has 3 heteroatoms. The fourth-order valence-corrected chi connectivity index (χ4v) is 2.31. The SMILES string of the molecule is CC(N)C1CCCN(C(=O)CCC(C)(C)C)C1. The molecule has 0 aliphatic carbocycles. The average molecular weight is 240 g/mol. The van der Waals surface area contributed by atoms with E-state index in [9.17, 15) is 4.79 Å². The van der Waals surface area contributed by atoms with Gasteiger partial charge in [-0.3, -0.25) is 4.79 Å². The molecule has 2 unspecified atom stereocenters. The number of piperidine rings is 1. The van der Waals surface area contributed by atoms with Gasteiger partial charge >= 0.3 is 0 Å². The average Bonchev–Trinajstić information content (AvgIpc) is 2.25. The van der Waals surface area contributed by atoms with Crippen molar-refractivity contribution in [2.75, 3.05) is 13.1 Å². The van der Waals surface area contributed by atoms with Crippen molar-refractivity contribution in [3.63, 3.8) is 0 Å². The molecule has 0 bridgehead atoms. The molecule has 0 aromatic heterocycles. The molecule has 1 aliphatic rings. The number of nitrogens with two attached hydrogens (primary N) is 1. The third-order valence-corrected chi connectivity index (χ3v) is 3.64. The van der Waals surface area contributed by atoms with E-state index in [0.717, 1.165) is 25.9 Å². The van der Waals surface area contributed by atoms with Gasteiger partial charge in [0.25, 0.3) is 0 Å². The minimum atomic E-state index is 0.202. The Balaban J connectivity index is 2.41. The maximum Gasteiger partial charge on any atom is 0.222 e. The van der Waals surface area contributed by atoms with Crippen LogP contribution in [0.25, 0.3) is 0 Å². The lowest BCUT2D eigenvalue weighted by atomic mass is 9.89. The zero-order chi connectivity index (χ0) is 13.1. The quantitative estimate of drug-likeness (QED) is 0.823. The van der Waals surface area contributed by atoms with E-state index in [1.54, 1.807) is 0 Å². The summed E-state index contributed by atoms with van der Waals surface area (Å²) in [6.07, 6.45) is 3.91. The van der Waals surface area contributed by atoms with E-state index in [1.165, 1.54) is 6.42 Å². The first-order valence-corrected chi connectivity index (χ1v) is 6.83. The fraction of sp³-hybridized carbons (Fsp3) is 0.929. The summed E-state index contributed by atoms with van der Waals surface area (Å²) in [5.41, 5.74) is 6.18. The molecule has 2 atom stereocenters. The highest BCUT2D eigenvalue weighted by molar-refractivity contribution is 5.76. The Morgan fingerprint density at radius 3 is 2.65 bits per heavy atom. The van der Waals surface area contributed by atoms with Crippen molar-refractivity contribution in [1.82, 2.24) is 4.90 Å². The minimum absolute atomic E-state index is 0.202. The molecule has 17 heavy (non-hydrogen) atoms. The lowest BCUT2D eigenvalue weighted by Gasteiger charge is -2.35. The molecule has 1 rings (SSSR count). The number of rotatable bonds is 3. The number of amides is 1. The van der Waals surface area contributed by atoms with Gasteiger partial charge in [0.2, 0.25) is 5.91 Å². The first kappa shape index (κ1) is 14.5. The van der Waals surface area contributed by atoms with Crippen LogP contribution in [-0.2, 0) is 4.79 Å². The standard InChI is InChI=1S/C14H28N2O/c1-11(15)12-6-5-9-16(10-12)13(17)7-8-14(2,3)4/h11-12H,5-10,15H2,1-4H3. The summed E-state index contributed by atoms with van der Waals surface area (Å²) in [7, 11) is 0. The highest BCUT2D eigenvalue weighted by atomic mass is 16.2. The summed E-state index contributed by atoms with van der Waals surface area (Å²) in [5.74, 6) is 0.799. The molecule has 3 nitrogen and oxygen atoms in total. The summed E-state index contributed by atoms with van der Waals surface area (Å²) in [5, 5.41) is 0. The van der Waals surface area contributed by atoms with E-state index >= 15 is 0 Å². The van der Waals surface area contributed by atoms with Gasteiger partial charge in [-0.1, -0.05) is 20.8 Å². The molecular weight excluding hydrogens is 212 g/mol. The van der Waals surface area contributed by atoms with E-state index in [4.69, 9.17) is 5.73 Å². The molecule has 0 aromatic carbocycles. The molecule has 100 valence electrons. The second-order valence-corrected chi connectivity index (χ2v) is 6.66. The van der Waals surface area contributed by atoms with Crippen LogP contribution in [0.1, 0.15) is 53.4 Å². The molecule has 1 aliphatic heterocycles. The monoisotopic (exact) mass is 240 g/mol. The summed E-state index contributed by atoms with van der Waals surface area (Å²) in [6.45, 7) is 10.4. The lowest BCUT2D eigenvalue weighted by molar-refractivity contribution is -0.133. The van der Waals surface area contributed by atoms with E-state index in [1.807, 2.05) is 11.8 Å². The van der Waals surface area contributed by atoms with Crippen LogP contribution in [0.5, 0.6) is 0 Å². The van der Waals surface area contributed by atoms with Crippen molar-refractivity contribution < 1.29 is 4.79 Å². The molecule has 0 aromatic rings. The number of nitrogens with zero attached hydrogens (tertiary/aromatic N) is 1. The second-order valence-electron chi connectivity index (χ2n) is 6.66. The Hall–Kier alpha value is -0.570. The first-order chi connectivity index (χ1) is 7.79. The highest BCUT2D eigenvalue weighted by Gasteiger charge is 2.26. The molecule has 1 fully saturated rings. The van der Waals surface area contributed by atoms with Gasteiger partial charge in [0.05, 0.1) is 0 Å². The number of carbonyl (C=O) groups excluding carboxylic acids is 1. The first-order valence-electron chi connectivity index (χ1n) is 6.83. The third-order valence-electron chi connectivity index (χ3n) is 3.64. The van der Waals surface area contributed by atoms with E-state index in [2.05, 4.69) is 20.8 Å². The number of hydrogen-bond donors (Lipinski definition) is 1. The van der Waals surface area contributed by atoms with E-state index in [-0.39, 0.29) is 11.5 Å². The van der Waals surface area contributed by atoms with Crippen LogP contribution in [0.15, 0.2) is 0 Å². The number of likely N-dealkylation sites (tertiary alicyclic amines) is 1.